The van der Waals surface area contributed by atoms with E-state index in [1.165, 1.54) is 12.2 Å². The fraction of sp³-hybridized carbons (Fsp3) is 0.125. The molecule has 0 bridgehead atoms. The highest BCUT2D eigenvalue weighted by molar-refractivity contribution is 5.82. The number of carbonyl (C=O) groups is 1. The summed E-state index contributed by atoms with van der Waals surface area (Å²) in [5, 5.41) is 8.39. The van der Waals surface area contributed by atoms with Crippen LogP contribution >= 0.6 is 0 Å². The summed E-state index contributed by atoms with van der Waals surface area (Å²) in [6.45, 7) is 4.80. The second kappa shape index (κ2) is 5.29. The third kappa shape index (κ3) is 6.37. The highest BCUT2D eigenvalue weighted by Gasteiger charge is 1.95. The molecule has 0 unspecified atom stereocenters. The molecule has 0 fully saturated rings. The van der Waals surface area contributed by atoms with Gasteiger partial charge >= 0.3 is 5.97 Å². The Morgan fingerprint density at radius 1 is 1.55 bits per heavy atom. The third-order valence-electron chi connectivity index (χ3n) is 0.754. The maximum absolute atomic E-state index is 10.6. The minimum atomic E-state index is -0.643. The SMILES string of the molecule is C=C(O)OC(=O)/C=C/C=C/C. The summed E-state index contributed by atoms with van der Waals surface area (Å²) in [5.41, 5.74) is 0. The van der Waals surface area contributed by atoms with E-state index in [0.717, 1.165) is 0 Å². The van der Waals surface area contributed by atoms with E-state index in [1.807, 2.05) is 6.92 Å². The molecule has 1 N–H and O–H groups in total. The van der Waals surface area contributed by atoms with Crippen LogP contribution < -0.4 is 0 Å². The lowest BCUT2D eigenvalue weighted by atomic mass is 10.4. The number of esters is 1. The van der Waals surface area contributed by atoms with Crippen molar-refractivity contribution >= 4 is 5.97 Å². The lowest BCUT2D eigenvalue weighted by Gasteiger charge is -1.93. The average molecular weight is 154 g/mol. The number of hydrogen-bond acceptors (Lipinski definition) is 3. The van der Waals surface area contributed by atoms with Crippen molar-refractivity contribution in [2.75, 3.05) is 0 Å². The predicted molar refractivity (Wildman–Crippen MR) is 41.8 cm³/mol. The summed E-state index contributed by atoms with van der Waals surface area (Å²) in [5.74, 6) is -1.24. The van der Waals surface area contributed by atoms with Crippen LogP contribution in [-0.4, -0.2) is 11.1 Å². The zero-order valence-electron chi connectivity index (χ0n) is 6.28. The summed E-state index contributed by atoms with van der Waals surface area (Å²) < 4.78 is 4.20. The van der Waals surface area contributed by atoms with Gasteiger partial charge in [0.25, 0.3) is 5.95 Å². The molecule has 0 amide bonds. The predicted octanol–water partition coefficient (Wildman–Crippen LogP) is 1.69. The third-order valence-corrected chi connectivity index (χ3v) is 0.754. The molecule has 0 aliphatic rings. The van der Waals surface area contributed by atoms with Crippen LogP contribution in [0.4, 0.5) is 0 Å². The van der Waals surface area contributed by atoms with Gasteiger partial charge in [0.1, 0.15) is 0 Å². The smallest absolute Gasteiger partial charge is 0.338 e. The monoisotopic (exact) mass is 154 g/mol. The van der Waals surface area contributed by atoms with E-state index in [-0.39, 0.29) is 0 Å². The van der Waals surface area contributed by atoms with Gasteiger partial charge in [0, 0.05) is 6.08 Å². The molecule has 0 aliphatic heterocycles. The highest BCUT2D eigenvalue weighted by atomic mass is 16.6. The van der Waals surface area contributed by atoms with Crippen LogP contribution in [0, 0.1) is 0 Å². The Bertz CT molecular complexity index is 201. The van der Waals surface area contributed by atoms with Crippen LogP contribution in [0.1, 0.15) is 6.92 Å². The van der Waals surface area contributed by atoms with Crippen molar-refractivity contribution in [3.05, 3.63) is 36.8 Å². The number of allylic oxidation sites excluding steroid dienone is 3. The first-order chi connectivity index (χ1) is 5.16. The van der Waals surface area contributed by atoms with Crippen LogP contribution in [0.3, 0.4) is 0 Å². The molecule has 11 heavy (non-hydrogen) atoms. The van der Waals surface area contributed by atoms with Crippen LogP contribution in [0.25, 0.3) is 0 Å². The van der Waals surface area contributed by atoms with Gasteiger partial charge in [-0.1, -0.05) is 18.2 Å². The Morgan fingerprint density at radius 2 is 2.18 bits per heavy atom. The molecule has 60 valence electrons. The molecule has 0 atom stereocenters. The number of carbonyl (C=O) groups excluding carboxylic acids is 1. The van der Waals surface area contributed by atoms with Gasteiger partial charge < -0.3 is 9.84 Å². The molecule has 3 nitrogen and oxygen atoms in total. The summed E-state index contributed by atoms with van der Waals surface area (Å²) in [6, 6.07) is 0. The van der Waals surface area contributed by atoms with Crippen molar-refractivity contribution in [2.24, 2.45) is 0 Å². The van der Waals surface area contributed by atoms with Crippen LogP contribution in [0.2, 0.25) is 0 Å². The molecule has 0 saturated heterocycles. The molecular weight excluding hydrogens is 144 g/mol. The Balaban J connectivity index is 3.78. The van der Waals surface area contributed by atoms with Crippen molar-refractivity contribution in [2.45, 2.75) is 6.92 Å². The summed E-state index contributed by atoms with van der Waals surface area (Å²) in [7, 11) is 0. The minimum absolute atomic E-state index is 0.597. The van der Waals surface area contributed by atoms with Crippen LogP contribution in [0.15, 0.2) is 36.8 Å². The van der Waals surface area contributed by atoms with E-state index >= 15 is 0 Å². The fourth-order valence-corrected chi connectivity index (χ4v) is 0.395. The average Bonchev–Trinajstić information content (AvgIpc) is 1.86. The van der Waals surface area contributed by atoms with E-state index in [4.69, 9.17) is 5.11 Å². The van der Waals surface area contributed by atoms with Gasteiger partial charge in [-0.25, -0.2) is 4.79 Å². The first kappa shape index (κ1) is 9.49. The number of aliphatic hydroxyl groups is 1. The number of ether oxygens (including phenoxy) is 1. The van der Waals surface area contributed by atoms with E-state index in [2.05, 4.69) is 11.3 Å². The second-order valence-electron chi connectivity index (χ2n) is 1.70. The Hall–Kier alpha value is -1.51. The van der Waals surface area contributed by atoms with Crippen molar-refractivity contribution in [1.29, 1.82) is 0 Å². The number of rotatable bonds is 3. The van der Waals surface area contributed by atoms with Crippen molar-refractivity contribution in [1.82, 2.24) is 0 Å². The molecule has 0 aromatic rings. The second-order valence-corrected chi connectivity index (χ2v) is 1.70. The summed E-state index contributed by atoms with van der Waals surface area (Å²) in [4.78, 5) is 10.6. The van der Waals surface area contributed by atoms with Gasteiger partial charge in [-0.2, -0.15) is 0 Å². The van der Waals surface area contributed by atoms with Crippen molar-refractivity contribution in [3.8, 4) is 0 Å². The lowest BCUT2D eigenvalue weighted by Crippen LogP contribution is -1.98. The molecule has 0 rings (SSSR count). The first-order valence-electron chi connectivity index (χ1n) is 3.06. The van der Waals surface area contributed by atoms with Gasteiger partial charge in [-0.15, -0.1) is 0 Å². The molecule has 0 heterocycles. The molecule has 0 aliphatic carbocycles. The molecular formula is C8H10O3. The van der Waals surface area contributed by atoms with Gasteiger partial charge in [-0.05, 0) is 13.5 Å². The summed E-state index contributed by atoms with van der Waals surface area (Å²) in [6.07, 6.45) is 6.12. The highest BCUT2D eigenvalue weighted by Crippen LogP contribution is 1.89. The Kier molecular flexibility index (Phi) is 4.56. The van der Waals surface area contributed by atoms with Gasteiger partial charge in [0.2, 0.25) is 0 Å². The molecule has 0 aromatic heterocycles. The van der Waals surface area contributed by atoms with E-state index < -0.39 is 11.9 Å². The minimum Gasteiger partial charge on any atom is -0.481 e. The molecule has 0 saturated carbocycles. The van der Waals surface area contributed by atoms with E-state index in [1.54, 1.807) is 12.2 Å². The van der Waals surface area contributed by atoms with E-state index in [9.17, 15) is 4.79 Å². The maximum Gasteiger partial charge on any atom is 0.338 e. The summed E-state index contributed by atoms with van der Waals surface area (Å²) >= 11 is 0. The normalized spacial score (nSPS) is 10.6. The topological polar surface area (TPSA) is 46.5 Å². The van der Waals surface area contributed by atoms with Gasteiger partial charge in [-0.3, -0.25) is 0 Å². The quantitative estimate of drug-likeness (QED) is 0.291. The first-order valence-corrected chi connectivity index (χ1v) is 3.06. The molecule has 0 aromatic carbocycles. The number of aliphatic hydroxyl groups excluding tert-OH is 1. The van der Waals surface area contributed by atoms with Crippen molar-refractivity contribution < 1.29 is 14.6 Å². The van der Waals surface area contributed by atoms with Crippen LogP contribution in [0.5, 0.6) is 0 Å². The molecule has 0 spiro atoms. The Morgan fingerprint density at radius 3 is 2.64 bits per heavy atom. The Labute approximate surface area is 65.3 Å². The van der Waals surface area contributed by atoms with Crippen molar-refractivity contribution in [3.63, 3.8) is 0 Å². The van der Waals surface area contributed by atoms with Gasteiger partial charge in [0.15, 0.2) is 0 Å². The lowest BCUT2D eigenvalue weighted by molar-refractivity contribution is -0.137. The molecule has 0 radical (unpaired) electrons. The molecule has 3 heteroatoms. The largest absolute Gasteiger partial charge is 0.481 e. The zero-order chi connectivity index (χ0) is 8.69. The fourth-order valence-electron chi connectivity index (χ4n) is 0.395. The number of hydrogen-bond donors (Lipinski definition) is 1. The van der Waals surface area contributed by atoms with Gasteiger partial charge in [0.05, 0.1) is 0 Å². The van der Waals surface area contributed by atoms with E-state index in [0.29, 0.717) is 0 Å². The van der Waals surface area contributed by atoms with Crippen LogP contribution in [-0.2, 0) is 9.53 Å². The standard InChI is InChI=1S/C8H10O3/c1-3-4-5-6-8(10)11-7(2)9/h3-6,9H,2H2,1H3/b4-3+,6-5+. The maximum atomic E-state index is 10.6. The zero-order valence-corrected chi connectivity index (χ0v) is 6.28.